The van der Waals surface area contributed by atoms with Gasteiger partial charge in [0.2, 0.25) is 10.0 Å². The highest BCUT2D eigenvalue weighted by Crippen LogP contribution is 2.30. The molecule has 1 N–H and O–H groups in total. The number of halogens is 2. The van der Waals surface area contributed by atoms with Crippen LogP contribution in [0.25, 0.3) is 10.2 Å². The Morgan fingerprint density at radius 1 is 1.13 bits per heavy atom. The first-order valence-electron chi connectivity index (χ1n) is 9.80. The minimum atomic E-state index is -3.64. The summed E-state index contributed by atoms with van der Waals surface area (Å²) in [5.74, 6) is -1.47. The fourth-order valence-electron chi connectivity index (χ4n) is 3.91. The number of thiazole rings is 1. The second kappa shape index (κ2) is 8.25. The predicted octanol–water partition coefficient (Wildman–Crippen LogP) is 4.49. The smallest absolute Gasteiger partial charge is 0.257 e. The molecule has 2 unspecified atom stereocenters. The van der Waals surface area contributed by atoms with Crippen LogP contribution in [0.4, 0.5) is 13.9 Å². The lowest BCUT2D eigenvalue weighted by molar-refractivity contribution is 0.102. The van der Waals surface area contributed by atoms with Gasteiger partial charge in [0.1, 0.15) is 11.3 Å². The summed E-state index contributed by atoms with van der Waals surface area (Å²) in [6.07, 6.45) is 0.993. The molecule has 0 saturated carbocycles. The van der Waals surface area contributed by atoms with Crippen molar-refractivity contribution in [3.05, 3.63) is 53.6 Å². The molecule has 31 heavy (non-hydrogen) atoms. The number of rotatable bonds is 4. The van der Waals surface area contributed by atoms with Crippen molar-refractivity contribution in [3.63, 3.8) is 0 Å². The Morgan fingerprint density at radius 3 is 2.42 bits per heavy atom. The van der Waals surface area contributed by atoms with Gasteiger partial charge in [0.05, 0.1) is 9.60 Å². The van der Waals surface area contributed by atoms with Crippen molar-refractivity contribution in [2.24, 2.45) is 11.8 Å². The number of benzene rings is 2. The van der Waals surface area contributed by atoms with Crippen molar-refractivity contribution in [2.45, 2.75) is 25.2 Å². The molecule has 0 aliphatic carbocycles. The summed E-state index contributed by atoms with van der Waals surface area (Å²) in [6.45, 7) is 5.02. The van der Waals surface area contributed by atoms with Gasteiger partial charge in [-0.2, -0.15) is 4.31 Å². The molecule has 1 aromatic heterocycles. The molecule has 2 heterocycles. The Morgan fingerprint density at radius 2 is 1.77 bits per heavy atom. The first kappa shape index (κ1) is 21.8. The summed E-state index contributed by atoms with van der Waals surface area (Å²) in [6, 6.07) is 7.53. The van der Waals surface area contributed by atoms with Gasteiger partial charge in [-0.3, -0.25) is 10.1 Å². The van der Waals surface area contributed by atoms with Gasteiger partial charge in [-0.1, -0.05) is 25.2 Å². The van der Waals surface area contributed by atoms with E-state index in [2.05, 4.69) is 10.3 Å². The molecule has 2 aromatic carbocycles. The summed E-state index contributed by atoms with van der Waals surface area (Å²) < 4.78 is 54.8. The standard InChI is InChI=1S/C21H21F2N3O3S2/c1-12-7-13(2)11-26(10-12)31(28,29)16-5-3-14(4-6-16)20(27)25-21-24-19-17(23)8-15(22)9-18(19)30-21/h3-6,8-9,12-13H,7,10-11H2,1-2H3,(H,24,25,27). The molecular formula is C21H21F2N3O3S2. The molecule has 4 rings (SSSR count). The second-order valence-electron chi connectivity index (χ2n) is 8.00. The van der Waals surface area contributed by atoms with Gasteiger partial charge < -0.3 is 0 Å². The van der Waals surface area contributed by atoms with Crippen LogP contribution in [-0.4, -0.2) is 36.7 Å². The van der Waals surface area contributed by atoms with Crippen LogP contribution in [0.2, 0.25) is 0 Å². The molecule has 2 atom stereocenters. The van der Waals surface area contributed by atoms with E-state index in [-0.39, 0.29) is 37.6 Å². The zero-order valence-corrected chi connectivity index (χ0v) is 18.6. The second-order valence-corrected chi connectivity index (χ2v) is 11.0. The van der Waals surface area contributed by atoms with Crippen LogP contribution in [0.3, 0.4) is 0 Å². The van der Waals surface area contributed by atoms with Crippen LogP contribution in [-0.2, 0) is 10.0 Å². The molecule has 0 bridgehead atoms. The van der Waals surface area contributed by atoms with Gasteiger partial charge in [0.25, 0.3) is 5.91 Å². The third-order valence-electron chi connectivity index (χ3n) is 5.22. The molecule has 1 aliphatic heterocycles. The van der Waals surface area contributed by atoms with Gasteiger partial charge in [0, 0.05) is 24.7 Å². The number of amides is 1. The molecule has 1 saturated heterocycles. The molecule has 0 spiro atoms. The third-order valence-corrected chi connectivity index (χ3v) is 7.99. The number of aromatic nitrogens is 1. The molecule has 1 aliphatic rings. The Bertz CT molecular complexity index is 1230. The quantitative estimate of drug-likeness (QED) is 0.616. The van der Waals surface area contributed by atoms with Crippen LogP contribution in [0.15, 0.2) is 41.3 Å². The highest BCUT2D eigenvalue weighted by Gasteiger charge is 2.31. The maximum Gasteiger partial charge on any atom is 0.257 e. The van der Waals surface area contributed by atoms with Gasteiger partial charge in [-0.05, 0) is 48.6 Å². The number of hydrogen-bond acceptors (Lipinski definition) is 5. The van der Waals surface area contributed by atoms with E-state index in [1.807, 2.05) is 13.8 Å². The van der Waals surface area contributed by atoms with Crippen LogP contribution in [0, 0.1) is 23.5 Å². The molecule has 164 valence electrons. The van der Waals surface area contributed by atoms with Gasteiger partial charge in [-0.15, -0.1) is 0 Å². The molecule has 1 fully saturated rings. The number of nitrogens with zero attached hydrogens (tertiary/aromatic N) is 2. The molecular weight excluding hydrogens is 444 g/mol. The highest BCUT2D eigenvalue weighted by atomic mass is 32.2. The van der Waals surface area contributed by atoms with E-state index in [1.54, 1.807) is 0 Å². The lowest BCUT2D eigenvalue weighted by atomic mass is 9.94. The lowest BCUT2D eigenvalue weighted by Crippen LogP contribution is -2.42. The van der Waals surface area contributed by atoms with Crippen LogP contribution in [0.1, 0.15) is 30.6 Å². The number of nitrogens with one attached hydrogen (secondary N) is 1. The fourth-order valence-corrected chi connectivity index (χ4v) is 6.49. The average Bonchev–Trinajstić information content (AvgIpc) is 3.10. The van der Waals surface area contributed by atoms with Crippen molar-refractivity contribution in [1.82, 2.24) is 9.29 Å². The fraction of sp³-hybridized carbons (Fsp3) is 0.333. The van der Waals surface area contributed by atoms with Crippen LogP contribution < -0.4 is 5.32 Å². The van der Waals surface area contributed by atoms with Crippen molar-refractivity contribution < 1.29 is 22.0 Å². The van der Waals surface area contributed by atoms with Crippen molar-refractivity contribution in [2.75, 3.05) is 18.4 Å². The summed E-state index contributed by atoms with van der Waals surface area (Å²) in [5.41, 5.74) is 0.207. The van der Waals surface area contributed by atoms with E-state index < -0.39 is 27.6 Å². The first-order valence-corrected chi connectivity index (χ1v) is 12.1. The normalized spacial score (nSPS) is 20.1. The van der Waals surface area contributed by atoms with Crippen molar-refractivity contribution in [3.8, 4) is 0 Å². The summed E-state index contributed by atoms with van der Waals surface area (Å²) in [4.78, 5) is 16.6. The molecule has 0 radical (unpaired) electrons. The van der Waals surface area contributed by atoms with Gasteiger partial charge in [0.15, 0.2) is 10.9 Å². The zero-order chi connectivity index (χ0) is 22.3. The van der Waals surface area contributed by atoms with E-state index in [0.29, 0.717) is 13.1 Å². The van der Waals surface area contributed by atoms with Crippen LogP contribution in [0.5, 0.6) is 0 Å². The largest absolute Gasteiger partial charge is 0.298 e. The molecule has 10 heteroatoms. The predicted molar refractivity (Wildman–Crippen MR) is 116 cm³/mol. The third kappa shape index (κ3) is 4.46. The minimum absolute atomic E-state index is 0.0203. The molecule has 1 amide bonds. The van der Waals surface area contributed by atoms with E-state index in [1.165, 1.54) is 28.6 Å². The summed E-state index contributed by atoms with van der Waals surface area (Å²) in [7, 11) is -3.64. The Kier molecular flexibility index (Phi) is 5.80. The number of hydrogen-bond donors (Lipinski definition) is 1. The number of fused-ring (bicyclic) bond motifs is 1. The van der Waals surface area contributed by atoms with Gasteiger partial charge in [-0.25, -0.2) is 22.2 Å². The van der Waals surface area contributed by atoms with Gasteiger partial charge >= 0.3 is 0 Å². The van der Waals surface area contributed by atoms with E-state index in [9.17, 15) is 22.0 Å². The zero-order valence-electron chi connectivity index (χ0n) is 16.9. The van der Waals surface area contributed by atoms with E-state index in [4.69, 9.17) is 0 Å². The lowest BCUT2D eigenvalue weighted by Gasteiger charge is -2.34. The first-order chi connectivity index (χ1) is 14.6. The maximum absolute atomic E-state index is 13.8. The maximum atomic E-state index is 13.8. The van der Waals surface area contributed by atoms with Crippen molar-refractivity contribution >= 4 is 42.6 Å². The SMILES string of the molecule is CC1CC(C)CN(S(=O)(=O)c2ccc(C(=O)Nc3nc4c(F)cc(F)cc4s3)cc2)C1. The number of piperidine rings is 1. The number of carbonyl (C=O) groups excluding carboxylic acids is 1. The Balaban J connectivity index is 1.51. The van der Waals surface area contributed by atoms with Crippen molar-refractivity contribution in [1.29, 1.82) is 0 Å². The number of carbonyl (C=O) groups is 1. The topological polar surface area (TPSA) is 79.4 Å². The number of sulfonamides is 1. The molecule has 6 nitrogen and oxygen atoms in total. The van der Waals surface area contributed by atoms with E-state index >= 15 is 0 Å². The summed E-state index contributed by atoms with van der Waals surface area (Å²) >= 11 is 0.950. The van der Waals surface area contributed by atoms with E-state index in [0.717, 1.165) is 29.9 Å². The monoisotopic (exact) mass is 465 g/mol. The summed E-state index contributed by atoms with van der Waals surface area (Å²) in [5, 5.41) is 2.67. The molecule has 3 aromatic rings. The minimum Gasteiger partial charge on any atom is -0.298 e. The average molecular weight is 466 g/mol. The Hall–Kier alpha value is -2.43. The van der Waals surface area contributed by atoms with Crippen LogP contribution >= 0.6 is 11.3 Å². The highest BCUT2D eigenvalue weighted by molar-refractivity contribution is 7.89. The Labute approximate surface area is 183 Å². The number of anilines is 1.